The fourth-order valence-corrected chi connectivity index (χ4v) is 2.78. The van der Waals surface area contributed by atoms with Crippen molar-refractivity contribution in [1.82, 2.24) is 0 Å². The Morgan fingerprint density at radius 2 is 1.86 bits per heavy atom. The molecule has 0 amide bonds. The first kappa shape index (κ1) is 16.2. The molecule has 0 saturated carbocycles. The number of methoxy groups -OCH3 is 1. The highest BCUT2D eigenvalue weighted by atomic mass is 79.9. The van der Waals surface area contributed by atoms with Crippen LogP contribution in [0.25, 0.3) is 0 Å². The Morgan fingerprint density at radius 1 is 1.14 bits per heavy atom. The third-order valence-corrected chi connectivity index (χ3v) is 4.23. The van der Waals surface area contributed by atoms with Gasteiger partial charge in [0.25, 0.3) is 0 Å². The SMILES string of the molecule is COc1ccc(Cl)cc1C(Br)c1cccc(C(F)(F)F)c1. The molecular weight excluding hydrogens is 369 g/mol. The van der Waals surface area contributed by atoms with Gasteiger partial charge in [-0.15, -0.1) is 0 Å². The van der Waals surface area contributed by atoms with E-state index in [9.17, 15) is 13.2 Å². The number of halogens is 5. The van der Waals surface area contributed by atoms with Crippen LogP contribution in [-0.4, -0.2) is 7.11 Å². The van der Waals surface area contributed by atoms with Gasteiger partial charge in [0.2, 0.25) is 0 Å². The summed E-state index contributed by atoms with van der Waals surface area (Å²) in [6, 6.07) is 10.2. The van der Waals surface area contributed by atoms with E-state index in [1.54, 1.807) is 24.3 Å². The fraction of sp³-hybridized carbons (Fsp3) is 0.200. The zero-order valence-corrected chi connectivity index (χ0v) is 13.3. The van der Waals surface area contributed by atoms with E-state index in [1.165, 1.54) is 13.2 Å². The molecule has 0 aliphatic carbocycles. The lowest BCUT2D eigenvalue weighted by Gasteiger charge is -2.16. The van der Waals surface area contributed by atoms with Gasteiger partial charge in [-0.05, 0) is 29.8 Å². The maximum absolute atomic E-state index is 12.8. The molecule has 2 rings (SSSR count). The molecule has 0 fully saturated rings. The second-order valence-corrected chi connectivity index (χ2v) is 5.72. The minimum atomic E-state index is -4.37. The summed E-state index contributed by atoms with van der Waals surface area (Å²) in [5.74, 6) is 0.554. The molecular formula is C15H11BrClF3O. The van der Waals surface area contributed by atoms with E-state index < -0.39 is 16.6 Å². The molecule has 1 atom stereocenters. The molecule has 0 aromatic heterocycles. The summed E-state index contributed by atoms with van der Waals surface area (Å²) in [6.07, 6.45) is -4.37. The Kier molecular flexibility index (Phi) is 4.84. The van der Waals surface area contributed by atoms with Gasteiger partial charge < -0.3 is 4.74 Å². The van der Waals surface area contributed by atoms with Gasteiger partial charge >= 0.3 is 6.18 Å². The van der Waals surface area contributed by atoms with Crippen LogP contribution in [0.2, 0.25) is 5.02 Å². The Hall–Kier alpha value is -1.20. The van der Waals surface area contributed by atoms with E-state index in [1.807, 2.05) is 0 Å². The second kappa shape index (κ2) is 6.28. The van der Waals surface area contributed by atoms with Crippen molar-refractivity contribution in [3.8, 4) is 5.75 Å². The lowest BCUT2D eigenvalue weighted by Crippen LogP contribution is -2.06. The highest BCUT2D eigenvalue weighted by molar-refractivity contribution is 9.09. The quantitative estimate of drug-likeness (QED) is 0.608. The van der Waals surface area contributed by atoms with Gasteiger partial charge in [-0.2, -0.15) is 13.2 Å². The average molecular weight is 380 g/mol. The van der Waals surface area contributed by atoms with Crippen molar-refractivity contribution < 1.29 is 17.9 Å². The minimum absolute atomic E-state index is 0.451. The monoisotopic (exact) mass is 378 g/mol. The molecule has 0 bridgehead atoms. The molecule has 0 aliphatic rings. The summed E-state index contributed by atoms with van der Waals surface area (Å²) >= 11 is 9.37. The number of rotatable bonds is 3. The lowest BCUT2D eigenvalue weighted by atomic mass is 10.0. The van der Waals surface area contributed by atoms with E-state index in [2.05, 4.69) is 15.9 Å². The smallest absolute Gasteiger partial charge is 0.416 e. The molecule has 2 aromatic carbocycles. The molecule has 6 heteroatoms. The molecule has 112 valence electrons. The number of alkyl halides is 4. The Labute approximate surface area is 133 Å². The molecule has 0 N–H and O–H groups in total. The predicted octanol–water partition coefficient (Wildman–Crippen LogP) is 5.85. The van der Waals surface area contributed by atoms with Crippen molar-refractivity contribution in [2.45, 2.75) is 11.0 Å². The van der Waals surface area contributed by atoms with Crippen molar-refractivity contribution in [1.29, 1.82) is 0 Å². The van der Waals surface area contributed by atoms with Gasteiger partial charge in [-0.25, -0.2) is 0 Å². The Morgan fingerprint density at radius 3 is 2.48 bits per heavy atom. The average Bonchev–Trinajstić information content (AvgIpc) is 2.45. The molecule has 21 heavy (non-hydrogen) atoms. The fourth-order valence-electron chi connectivity index (χ4n) is 1.96. The molecule has 0 heterocycles. The number of benzene rings is 2. The first-order valence-electron chi connectivity index (χ1n) is 5.97. The van der Waals surface area contributed by atoms with Gasteiger partial charge in [0, 0.05) is 10.6 Å². The summed E-state index contributed by atoms with van der Waals surface area (Å²) in [6.45, 7) is 0. The Bertz CT molecular complexity index is 643. The van der Waals surface area contributed by atoms with Crippen LogP contribution >= 0.6 is 27.5 Å². The maximum Gasteiger partial charge on any atom is 0.416 e. The highest BCUT2D eigenvalue weighted by Gasteiger charge is 2.31. The Balaban J connectivity index is 2.45. The van der Waals surface area contributed by atoms with E-state index >= 15 is 0 Å². The lowest BCUT2D eigenvalue weighted by molar-refractivity contribution is -0.137. The van der Waals surface area contributed by atoms with Crippen LogP contribution in [0.15, 0.2) is 42.5 Å². The van der Waals surface area contributed by atoms with Crippen molar-refractivity contribution in [3.05, 3.63) is 64.2 Å². The van der Waals surface area contributed by atoms with Crippen LogP contribution in [0.1, 0.15) is 21.5 Å². The van der Waals surface area contributed by atoms with Crippen molar-refractivity contribution in [3.63, 3.8) is 0 Å². The molecule has 1 unspecified atom stereocenters. The number of hydrogen-bond acceptors (Lipinski definition) is 1. The summed E-state index contributed by atoms with van der Waals surface area (Å²) in [7, 11) is 1.50. The molecule has 2 aromatic rings. The van der Waals surface area contributed by atoms with Gasteiger partial charge in [0.15, 0.2) is 0 Å². The van der Waals surface area contributed by atoms with Crippen LogP contribution in [0.5, 0.6) is 5.75 Å². The van der Waals surface area contributed by atoms with Gasteiger partial charge in [0.1, 0.15) is 5.75 Å². The first-order chi connectivity index (χ1) is 9.82. The predicted molar refractivity (Wildman–Crippen MR) is 80.2 cm³/mol. The second-order valence-electron chi connectivity index (χ2n) is 4.37. The van der Waals surface area contributed by atoms with Crippen LogP contribution in [0.4, 0.5) is 13.2 Å². The van der Waals surface area contributed by atoms with E-state index in [0.717, 1.165) is 12.1 Å². The largest absolute Gasteiger partial charge is 0.496 e. The third kappa shape index (κ3) is 3.71. The number of ether oxygens (including phenoxy) is 1. The third-order valence-electron chi connectivity index (χ3n) is 2.97. The van der Waals surface area contributed by atoms with Gasteiger partial charge in [-0.3, -0.25) is 0 Å². The van der Waals surface area contributed by atoms with Crippen LogP contribution in [0.3, 0.4) is 0 Å². The maximum atomic E-state index is 12.8. The molecule has 0 radical (unpaired) electrons. The van der Waals surface area contributed by atoms with E-state index in [0.29, 0.717) is 21.9 Å². The van der Waals surface area contributed by atoms with Crippen molar-refractivity contribution >= 4 is 27.5 Å². The summed E-state index contributed by atoms with van der Waals surface area (Å²) in [5.41, 5.74) is 0.458. The zero-order valence-electron chi connectivity index (χ0n) is 10.9. The molecule has 0 aliphatic heterocycles. The summed E-state index contributed by atoms with van der Waals surface area (Å²) < 4.78 is 43.6. The normalized spacial score (nSPS) is 13.0. The topological polar surface area (TPSA) is 9.23 Å². The van der Waals surface area contributed by atoms with Crippen molar-refractivity contribution in [2.75, 3.05) is 7.11 Å². The van der Waals surface area contributed by atoms with Gasteiger partial charge in [-0.1, -0.05) is 45.7 Å². The molecule has 1 nitrogen and oxygen atoms in total. The summed E-state index contributed by atoms with van der Waals surface area (Å²) in [4.78, 5) is -0.451. The first-order valence-corrected chi connectivity index (χ1v) is 7.27. The molecule has 0 spiro atoms. The minimum Gasteiger partial charge on any atom is -0.496 e. The standard InChI is InChI=1S/C15H11BrClF3O/c1-21-13-6-5-11(17)8-12(13)14(16)9-3-2-4-10(7-9)15(18,19)20/h2-8,14H,1H3. The van der Waals surface area contributed by atoms with Gasteiger partial charge in [0.05, 0.1) is 17.5 Å². The van der Waals surface area contributed by atoms with E-state index in [4.69, 9.17) is 16.3 Å². The van der Waals surface area contributed by atoms with Crippen LogP contribution in [0, 0.1) is 0 Å². The van der Waals surface area contributed by atoms with Crippen LogP contribution < -0.4 is 4.74 Å². The van der Waals surface area contributed by atoms with E-state index in [-0.39, 0.29) is 0 Å². The molecule has 0 saturated heterocycles. The summed E-state index contributed by atoms with van der Waals surface area (Å²) in [5, 5.41) is 0.488. The number of hydrogen-bond donors (Lipinski definition) is 0. The zero-order chi connectivity index (χ0) is 15.6. The van der Waals surface area contributed by atoms with Crippen molar-refractivity contribution in [2.24, 2.45) is 0 Å². The highest BCUT2D eigenvalue weighted by Crippen LogP contribution is 2.39. The van der Waals surface area contributed by atoms with Crippen LogP contribution in [-0.2, 0) is 6.18 Å².